The van der Waals surface area contributed by atoms with Gasteiger partial charge in [0, 0.05) is 18.3 Å². The Labute approximate surface area is 124 Å². The lowest BCUT2D eigenvalue weighted by molar-refractivity contribution is 0.303. The van der Waals surface area contributed by atoms with Crippen LogP contribution in [-0.4, -0.2) is 32.6 Å². The van der Waals surface area contributed by atoms with Crippen LogP contribution in [0.15, 0.2) is 12.1 Å². The molecule has 120 valence electrons. The summed E-state index contributed by atoms with van der Waals surface area (Å²) in [6.45, 7) is 5.44. The van der Waals surface area contributed by atoms with Crippen molar-refractivity contribution < 1.29 is 21.9 Å². The number of benzene rings is 1. The van der Waals surface area contributed by atoms with Gasteiger partial charge in [0.1, 0.15) is 6.61 Å². The Morgan fingerprint density at radius 1 is 1.24 bits per heavy atom. The summed E-state index contributed by atoms with van der Waals surface area (Å²) >= 11 is 0. The number of ether oxygens (including phenoxy) is 1. The molecule has 0 aliphatic heterocycles. The van der Waals surface area contributed by atoms with Crippen molar-refractivity contribution in [3.63, 3.8) is 0 Å². The molecule has 0 saturated heterocycles. The molecule has 1 aromatic carbocycles. The van der Waals surface area contributed by atoms with Crippen LogP contribution in [0.3, 0.4) is 0 Å². The highest BCUT2D eigenvalue weighted by Crippen LogP contribution is 2.23. The fraction of sp³-hybridized carbons (Fsp3) is 0.571. The first kappa shape index (κ1) is 17.8. The molecule has 4 nitrogen and oxygen atoms in total. The Morgan fingerprint density at radius 2 is 1.81 bits per heavy atom. The minimum absolute atomic E-state index is 0.0267. The Balaban J connectivity index is 2.71. The molecule has 0 radical (unpaired) electrons. The summed E-state index contributed by atoms with van der Waals surface area (Å²) in [7, 11) is -3.22. The van der Waals surface area contributed by atoms with Crippen molar-refractivity contribution in [1.29, 1.82) is 0 Å². The molecular weight excluding hydrogens is 300 g/mol. The highest BCUT2D eigenvalue weighted by Gasteiger charge is 2.14. The van der Waals surface area contributed by atoms with Crippen LogP contribution in [0.2, 0.25) is 0 Å². The van der Waals surface area contributed by atoms with Crippen LogP contribution in [0, 0.1) is 11.6 Å². The molecular formula is C14H21F2NO3S. The fourth-order valence-corrected chi connectivity index (χ4v) is 2.22. The van der Waals surface area contributed by atoms with E-state index in [2.05, 4.69) is 5.32 Å². The summed E-state index contributed by atoms with van der Waals surface area (Å²) in [4.78, 5) is 0. The molecule has 1 rings (SSSR count). The molecule has 21 heavy (non-hydrogen) atoms. The van der Waals surface area contributed by atoms with E-state index in [9.17, 15) is 17.2 Å². The van der Waals surface area contributed by atoms with E-state index in [1.165, 1.54) is 19.1 Å². The van der Waals surface area contributed by atoms with Crippen LogP contribution >= 0.6 is 0 Å². The van der Waals surface area contributed by atoms with E-state index in [0.717, 1.165) is 0 Å². The minimum atomic E-state index is -3.22. The van der Waals surface area contributed by atoms with Gasteiger partial charge in [-0.15, -0.1) is 0 Å². The van der Waals surface area contributed by atoms with E-state index in [1.807, 2.05) is 13.8 Å². The largest absolute Gasteiger partial charge is 0.487 e. The van der Waals surface area contributed by atoms with Crippen LogP contribution in [-0.2, 0) is 16.4 Å². The monoisotopic (exact) mass is 321 g/mol. The smallest absolute Gasteiger partial charge is 0.190 e. The van der Waals surface area contributed by atoms with Gasteiger partial charge in [0.2, 0.25) is 0 Å². The molecule has 0 atom stereocenters. The summed E-state index contributed by atoms with van der Waals surface area (Å²) in [5, 5.41) is 3.05. The second-order valence-corrected chi connectivity index (χ2v) is 7.48. The van der Waals surface area contributed by atoms with E-state index >= 15 is 0 Å². The van der Waals surface area contributed by atoms with Crippen molar-refractivity contribution in [1.82, 2.24) is 5.32 Å². The summed E-state index contributed by atoms with van der Waals surface area (Å²) in [6.07, 6.45) is 0. The van der Waals surface area contributed by atoms with E-state index < -0.39 is 27.2 Å². The average Bonchev–Trinajstić information content (AvgIpc) is 2.39. The van der Waals surface area contributed by atoms with E-state index in [4.69, 9.17) is 4.74 Å². The van der Waals surface area contributed by atoms with Gasteiger partial charge in [-0.1, -0.05) is 20.8 Å². The number of hydrogen-bond acceptors (Lipinski definition) is 4. The Kier molecular flexibility index (Phi) is 6.54. The maximum atomic E-state index is 13.8. The molecule has 7 heteroatoms. The van der Waals surface area contributed by atoms with Crippen molar-refractivity contribution in [3.8, 4) is 5.75 Å². The molecule has 0 heterocycles. The van der Waals surface area contributed by atoms with Gasteiger partial charge in [0.25, 0.3) is 0 Å². The quantitative estimate of drug-likeness (QED) is 0.798. The number of hydrogen-bond donors (Lipinski definition) is 1. The van der Waals surface area contributed by atoms with Crippen LogP contribution in [0.4, 0.5) is 8.78 Å². The summed E-state index contributed by atoms with van der Waals surface area (Å²) in [5.41, 5.74) is 0.465. The summed E-state index contributed by atoms with van der Waals surface area (Å²) < 4.78 is 55.1. The van der Waals surface area contributed by atoms with Crippen molar-refractivity contribution in [3.05, 3.63) is 29.3 Å². The van der Waals surface area contributed by atoms with Crippen LogP contribution < -0.4 is 10.1 Å². The van der Waals surface area contributed by atoms with Gasteiger partial charge >= 0.3 is 0 Å². The standard InChI is InChI=1S/C14H21F2NO3S/c1-4-21(18,19)6-5-20-14-12(15)7-11(8-13(14)16)9-17-10(2)3/h7-8,10,17H,4-6,9H2,1-3H3. The zero-order valence-electron chi connectivity index (χ0n) is 12.4. The summed E-state index contributed by atoms with van der Waals surface area (Å²) in [6, 6.07) is 2.57. The van der Waals surface area contributed by atoms with Gasteiger partial charge < -0.3 is 10.1 Å². The number of nitrogens with one attached hydrogen (secondary N) is 1. The zero-order valence-corrected chi connectivity index (χ0v) is 13.3. The third-order valence-electron chi connectivity index (χ3n) is 2.85. The highest BCUT2D eigenvalue weighted by molar-refractivity contribution is 7.91. The maximum Gasteiger partial charge on any atom is 0.190 e. The zero-order chi connectivity index (χ0) is 16.0. The summed E-state index contributed by atoms with van der Waals surface area (Å²) in [5.74, 6) is -2.48. The molecule has 0 fully saturated rings. The third-order valence-corrected chi connectivity index (χ3v) is 4.52. The van der Waals surface area contributed by atoms with E-state index in [1.54, 1.807) is 0 Å². The minimum Gasteiger partial charge on any atom is -0.487 e. The van der Waals surface area contributed by atoms with Gasteiger partial charge in [-0.3, -0.25) is 0 Å². The van der Waals surface area contributed by atoms with Gasteiger partial charge in [-0.25, -0.2) is 17.2 Å². The fourth-order valence-electron chi connectivity index (χ4n) is 1.59. The number of rotatable bonds is 8. The molecule has 0 aromatic heterocycles. The Morgan fingerprint density at radius 3 is 2.29 bits per heavy atom. The lowest BCUT2D eigenvalue weighted by atomic mass is 10.2. The van der Waals surface area contributed by atoms with Crippen LogP contribution in [0.1, 0.15) is 26.3 Å². The SMILES string of the molecule is CCS(=O)(=O)CCOc1c(F)cc(CNC(C)C)cc1F. The molecule has 0 bridgehead atoms. The highest BCUT2D eigenvalue weighted by atomic mass is 32.2. The maximum absolute atomic E-state index is 13.8. The van der Waals surface area contributed by atoms with Gasteiger partial charge in [-0.2, -0.15) is 0 Å². The first-order valence-electron chi connectivity index (χ1n) is 6.79. The lowest BCUT2D eigenvalue weighted by Gasteiger charge is -2.12. The second-order valence-electron chi connectivity index (χ2n) is 5.01. The lowest BCUT2D eigenvalue weighted by Crippen LogP contribution is -2.22. The van der Waals surface area contributed by atoms with Gasteiger partial charge in [0.15, 0.2) is 27.2 Å². The van der Waals surface area contributed by atoms with Crippen molar-refractivity contribution >= 4 is 9.84 Å². The molecule has 0 spiro atoms. The second kappa shape index (κ2) is 7.70. The molecule has 1 aromatic rings. The first-order valence-corrected chi connectivity index (χ1v) is 8.62. The van der Waals surface area contributed by atoms with Crippen molar-refractivity contribution in [2.75, 3.05) is 18.1 Å². The third kappa shape index (κ3) is 5.97. The topological polar surface area (TPSA) is 55.4 Å². The van der Waals surface area contributed by atoms with Crippen molar-refractivity contribution in [2.45, 2.75) is 33.4 Å². The Hall–Kier alpha value is -1.21. The number of sulfone groups is 1. The van der Waals surface area contributed by atoms with Gasteiger partial charge in [-0.05, 0) is 17.7 Å². The molecule has 0 aliphatic rings. The number of halogens is 2. The average molecular weight is 321 g/mol. The molecule has 0 unspecified atom stereocenters. The molecule has 0 saturated carbocycles. The van der Waals surface area contributed by atoms with Gasteiger partial charge in [0.05, 0.1) is 5.75 Å². The molecule has 0 amide bonds. The predicted octanol–water partition coefficient (Wildman–Crippen LogP) is 2.28. The van der Waals surface area contributed by atoms with Crippen LogP contribution in [0.5, 0.6) is 5.75 Å². The van der Waals surface area contributed by atoms with E-state index in [0.29, 0.717) is 12.1 Å². The van der Waals surface area contributed by atoms with Crippen LogP contribution in [0.25, 0.3) is 0 Å². The Bertz CT molecular complexity index is 551. The van der Waals surface area contributed by atoms with E-state index in [-0.39, 0.29) is 24.2 Å². The first-order chi connectivity index (χ1) is 9.75. The predicted molar refractivity (Wildman–Crippen MR) is 78.2 cm³/mol. The molecule has 0 aliphatic carbocycles. The van der Waals surface area contributed by atoms with Crippen molar-refractivity contribution in [2.24, 2.45) is 0 Å². The normalized spacial score (nSPS) is 11.9. The molecule has 1 N–H and O–H groups in total.